The third kappa shape index (κ3) is 4.43. The first-order chi connectivity index (χ1) is 14.1. The van der Waals surface area contributed by atoms with Gasteiger partial charge in [0.05, 0.1) is 23.6 Å². The molecule has 0 bridgehead atoms. The normalized spacial score (nSPS) is 14.6. The number of benzene rings is 2. The van der Waals surface area contributed by atoms with Crippen molar-refractivity contribution in [3.63, 3.8) is 0 Å². The molecule has 0 saturated heterocycles. The van der Waals surface area contributed by atoms with Gasteiger partial charge in [-0.25, -0.2) is 4.98 Å². The lowest BCUT2D eigenvalue weighted by molar-refractivity contribution is -0.137. The van der Waals surface area contributed by atoms with Crippen LogP contribution in [-0.2, 0) is 11.2 Å². The van der Waals surface area contributed by atoms with Crippen LogP contribution in [0.3, 0.4) is 0 Å². The molecule has 1 heterocycles. The van der Waals surface area contributed by atoms with Crippen LogP contribution in [0.4, 0.5) is 0 Å². The van der Waals surface area contributed by atoms with E-state index >= 15 is 0 Å². The van der Waals surface area contributed by atoms with Crippen molar-refractivity contribution in [2.45, 2.75) is 19.3 Å². The third-order valence-corrected chi connectivity index (χ3v) is 5.80. The number of carboxylic acid groups (broad SMARTS) is 1. The van der Waals surface area contributed by atoms with Crippen molar-refractivity contribution in [3.8, 4) is 16.3 Å². The number of carboxylic acids is 1. The number of fused-ring (bicyclic) bond motifs is 1. The molecule has 1 aromatic heterocycles. The van der Waals surface area contributed by atoms with Gasteiger partial charge in [0.25, 0.3) is 0 Å². The van der Waals surface area contributed by atoms with Gasteiger partial charge in [-0.2, -0.15) is 0 Å². The summed E-state index contributed by atoms with van der Waals surface area (Å²) in [6, 6.07) is 17.2. The number of carbonyl (C=O) groups excluding carboxylic acids is 1. The van der Waals surface area contributed by atoms with Crippen LogP contribution in [0.15, 0.2) is 60.2 Å². The highest BCUT2D eigenvalue weighted by Crippen LogP contribution is 2.35. The van der Waals surface area contributed by atoms with Gasteiger partial charge in [-0.1, -0.05) is 42.5 Å². The molecule has 0 radical (unpaired) electrons. The molecule has 0 spiro atoms. The summed E-state index contributed by atoms with van der Waals surface area (Å²) >= 11 is 1.46. The Morgan fingerprint density at radius 3 is 2.59 bits per heavy atom. The number of nitrogens with zero attached hydrogens (tertiary/aromatic N) is 1. The summed E-state index contributed by atoms with van der Waals surface area (Å²) < 4.78 is 5.40. The highest BCUT2D eigenvalue weighted by Gasteiger charge is 2.26. The smallest absolute Gasteiger partial charge is 0.306 e. The van der Waals surface area contributed by atoms with E-state index in [-0.39, 0.29) is 18.8 Å². The molecule has 0 fully saturated rings. The zero-order valence-electron chi connectivity index (χ0n) is 15.6. The van der Waals surface area contributed by atoms with E-state index in [1.54, 1.807) is 12.1 Å². The summed E-state index contributed by atoms with van der Waals surface area (Å²) in [4.78, 5) is 28.9. The van der Waals surface area contributed by atoms with Crippen LogP contribution >= 0.6 is 11.3 Å². The fourth-order valence-electron chi connectivity index (χ4n) is 3.17. The SMILES string of the molecule is O=C(O)CCOc1ccc(C=C2CCc3nc(-c4ccccc4)sc3C2=O)cc1. The number of aryl methyl sites for hydroxylation is 1. The fraction of sp³-hybridized carbons (Fsp3) is 0.174. The number of carbonyl (C=O) groups is 2. The number of ketones is 1. The zero-order valence-corrected chi connectivity index (χ0v) is 16.4. The Hall–Kier alpha value is -3.25. The molecule has 146 valence electrons. The second-order valence-corrected chi connectivity index (χ2v) is 7.72. The van der Waals surface area contributed by atoms with Gasteiger partial charge in [-0.3, -0.25) is 9.59 Å². The van der Waals surface area contributed by atoms with Crippen LogP contribution in [-0.4, -0.2) is 28.4 Å². The van der Waals surface area contributed by atoms with Crippen molar-refractivity contribution < 1.29 is 19.4 Å². The standard InChI is InChI=1S/C23H19NO4S/c25-20(26)12-13-28-18-9-6-15(7-10-18)14-17-8-11-19-22(21(17)27)29-23(24-19)16-4-2-1-3-5-16/h1-7,9-10,14H,8,11-13H2,(H,25,26). The summed E-state index contributed by atoms with van der Waals surface area (Å²) in [7, 11) is 0. The molecule has 0 amide bonds. The van der Waals surface area contributed by atoms with Crippen molar-refractivity contribution >= 4 is 29.2 Å². The third-order valence-electron chi connectivity index (χ3n) is 4.65. The second-order valence-electron chi connectivity index (χ2n) is 6.72. The van der Waals surface area contributed by atoms with Crippen LogP contribution < -0.4 is 4.74 Å². The summed E-state index contributed by atoms with van der Waals surface area (Å²) in [6.07, 6.45) is 3.30. The summed E-state index contributed by atoms with van der Waals surface area (Å²) in [5.74, 6) is -0.228. The minimum Gasteiger partial charge on any atom is -0.493 e. The zero-order chi connectivity index (χ0) is 20.2. The van der Waals surface area contributed by atoms with Crippen LogP contribution in [0.1, 0.15) is 33.8 Å². The van der Waals surface area contributed by atoms with E-state index in [1.807, 2.05) is 48.5 Å². The maximum atomic E-state index is 13.0. The van der Waals surface area contributed by atoms with E-state index in [2.05, 4.69) is 4.98 Å². The Kier molecular flexibility index (Phi) is 5.53. The molecule has 0 atom stereocenters. The fourth-order valence-corrected chi connectivity index (χ4v) is 4.26. The molecule has 0 aliphatic heterocycles. The number of Topliss-reactive ketones (excluding diaryl/α,β-unsaturated/α-hetero) is 1. The Bertz CT molecular complexity index is 1070. The Labute approximate surface area is 172 Å². The quantitative estimate of drug-likeness (QED) is 0.592. The number of hydrogen-bond donors (Lipinski definition) is 1. The van der Waals surface area contributed by atoms with Crippen molar-refractivity contribution in [2.24, 2.45) is 0 Å². The summed E-state index contributed by atoms with van der Waals surface area (Å²) in [6.45, 7) is 0.131. The highest BCUT2D eigenvalue weighted by molar-refractivity contribution is 7.17. The van der Waals surface area contributed by atoms with Crippen molar-refractivity contribution in [1.82, 2.24) is 4.98 Å². The minimum absolute atomic E-state index is 0.0392. The molecular formula is C23H19NO4S. The lowest BCUT2D eigenvalue weighted by Gasteiger charge is -2.12. The monoisotopic (exact) mass is 405 g/mol. The lowest BCUT2D eigenvalue weighted by atomic mass is 9.94. The van der Waals surface area contributed by atoms with Gasteiger partial charge in [0, 0.05) is 11.1 Å². The number of hydrogen-bond acceptors (Lipinski definition) is 5. The van der Waals surface area contributed by atoms with E-state index in [1.165, 1.54) is 11.3 Å². The molecule has 5 nitrogen and oxygen atoms in total. The van der Waals surface area contributed by atoms with Crippen LogP contribution in [0.2, 0.25) is 0 Å². The van der Waals surface area contributed by atoms with Gasteiger partial charge in [0.1, 0.15) is 10.8 Å². The van der Waals surface area contributed by atoms with Gasteiger partial charge in [0.15, 0.2) is 0 Å². The molecule has 4 rings (SSSR count). The first-order valence-corrected chi connectivity index (χ1v) is 10.2. The Morgan fingerprint density at radius 1 is 1.10 bits per heavy atom. The van der Waals surface area contributed by atoms with Gasteiger partial charge in [-0.05, 0) is 36.6 Å². The number of ether oxygens (including phenoxy) is 1. The number of rotatable bonds is 6. The molecule has 6 heteroatoms. The van der Waals surface area contributed by atoms with Crippen LogP contribution in [0.25, 0.3) is 16.6 Å². The average molecular weight is 405 g/mol. The van der Waals surface area contributed by atoms with Crippen molar-refractivity contribution in [2.75, 3.05) is 6.61 Å². The van der Waals surface area contributed by atoms with Gasteiger partial charge in [0.2, 0.25) is 5.78 Å². The average Bonchev–Trinajstić information content (AvgIpc) is 3.17. The molecule has 1 aliphatic carbocycles. The Balaban J connectivity index is 1.49. The number of thiazole rings is 1. The van der Waals surface area contributed by atoms with Gasteiger partial charge in [-0.15, -0.1) is 11.3 Å². The molecule has 1 aliphatic rings. The Morgan fingerprint density at radius 2 is 1.86 bits per heavy atom. The second kappa shape index (κ2) is 8.41. The van der Waals surface area contributed by atoms with Crippen molar-refractivity contribution in [3.05, 3.63) is 76.3 Å². The van der Waals surface area contributed by atoms with Gasteiger partial charge >= 0.3 is 5.97 Å². The first kappa shape index (κ1) is 19.1. The summed E-state index contributed by atoms with van der Waals surface area (Å²) in [5, 5.41) is 9.54. The van der Waals surface area contributed by atoms with Crippen LogP contribution in [0, 0.1) is 0 Å². The van der Waals surface area contributed by atoms with E-state index < -0.39 is 5.97 Å². The van der Waals surface area contributed by atoms with Crippen LogP contribution in [0.5, 0.6) is 5.75 Å². The molecule has 29 heavy (non-hydrogen) atoms. The highest BCUT2D eigenvalue weighted by atomic mass is 32.1. The van der Waals surface area contributed by atoms with E-state index in [9.17, 15) is 9.59 Å². The number of aromatic nitrogens is 1. The predicted molar refractivity (Wildman–Crippen MR) is 112 cm³/mol. The maximum absolute atomic E-state index is 13.0. The molecule has 0 saturated carbocycles. The van der Waals surface area contributed by atoms with E-state index in [0.29, 0.717) is 12.2 Å². The number of aliphatic carboxylic acids is 1. The molecule has 0 unspecified atom stereocenters. The molecule has 1 N–H and O–H groups in total. The summed E-state index contributed by atoms with van der Waals surface area (Å²) in [5.41, 5.74) is 3.61. The molecule has 3 aromatic rings. The van der Waals surface area contributed by atoms with E-state index in [4.69, 9.17) is 9.84 Å². The topological polar surface area (TPSA) is 76.5 Å². The maximum Gasteiger partial charge on any atom is 0.306 e. The molecular weight excluding hydrogens is 386 g/mol. The van der Waals surface area contributed by atoms with E-state index in [0.717, 1.165) is 38.7 Å². The van der Waals surface area contributed by atoms with Gasteiger partial charge < -0.3 is 9.84 Å². The first-order valence-electron chi connectivity index (χ1n) is 9.35. The largest absolute Gasteiger partial charge is 0.493 e. The predicted octanol–water partition coefficient (Wildman–Crippen LogP) is 4.88. The lowest BCUT2D eigenvalue weighted by Crippen LogP contribution is -2.12. The minimum atomic E-state index is -0.889. The number of allylic oxidation sites excluding steroid dienone is 1. The molecule has 2 aromatic carbocycles. The van der Waals surface area contributed by atoms with Crippen molar-refractivity contribution in [1.29, 1.82) is 0 Å².